The molecule has 6 heteroatoms. The van der Waals surface area contributed by atoms with Crippen molar-refractivity contribution in [2.75, 3.05) is 5.75 Å². The Morgan fingerprint density at radius 3 is 3.00 bits per heavy atom. The van der Waals surface area contributed by atoms with Crippen molar-refractivity contribution in [3.05, 3.63) is 29.0 Å². The van der Waals surface area contributed by atoms with Gasteiger partial charge in [-0.2, -0.15) is 5.26 Å². The van der Waals surface area contributed by atoms with Gasteiger partial charge in [-0.1, -0.05) is 24.6 Å². The fourth-order valence-electron chi connectivity index (χ4n) is 1.08. The van der Waals surface area contributed by atoms with Crippen LogP contribution in [0, 0.1) is 11.5 Å². The van der Waals surface area contributed by atoms with Crippen LogP contribution in [-0.2, 0) is 11.0 Å². The number of nitrogens with zero attached hydrogens (tertiary/aromatic N) is 3. The normalized spacial score (nSPS) is 14.5. The lowest BCUT2D eigenvalue weighted by Crippen LogP contribution is -2.05. The van der Waals surface area contributed by atoms with E-state index in [2.05, 4.69) is 9.35 Å². The number of halogens is 1. The van der Waals surface area contributed by atoms with E-state index in [9.17, 15) is 4.55 Å². The van der Waals surface area contributed by atoms with Crippen LogP contribution < -0.4 is 0 Å². The third-order valence-electron chi connectivity index (χ3n) is 1.86. The van der Waals surface area contributed by atoms with Crippen molar-refractivity contribution in [2.24, 2.45) is 4.36 Å². The second-order valence-corrected chi connectivity index (χ2v) is 4.60. The topological polar surface area (TPSA) is 69.3 Å². The molecular formula is C9H10ClN3OS. The third-order valence-corrected chi connectivity index (χ3v) is 3.18. The molecule has 15 heavy (non-hydrogen) atoms. The van der Waals surface area contributed by atoms with Crippen molar-refractivity contribution in [1.29, 1.82) is 5.26 Å². The first-order valence-electron chi connectivity index (χ1n) is 4.25. The molecule has 1 heterocycles. The molecule has 1 aromatic heterocycles. The highest BCUT2D eigenvalue weighted by Crippen LogP contribution is 2.16. The van der Waals surface area contributed by atoms with Gasteiger partial charge < -0.3 is 4.55 Å². The predicted molar refractivity (Wildman–Crippen MR) is 60.6 cm³/mol. The molecule has 0 bridgehead atoms. The Kier molecular flexibility index (Phi) is 4.69. The molecule has 0 saturated heterocycles. The quantitative estimate of drug-likeness (QED) is 0.655. The number of nitriles is 1. The SMILES string of the molecule is C[C@@H](CS(O)=NC#N)c1ccc(Cl)nc1. The van der Waals surface area contributed by atoms with E-state index in [1.54, 1.807) is 18.5 Å². The van der Waals surface area contributed by atoms with E-state index in [4.69, 9.17) is 16.9 Å². The van der Waals surface area contributed by atoms with Gasteiger partial charge in [-0.3, -0.25) is 0 Å². The predicted octanol–water partition coefficient (Wildman–Crippen LogP) is 2.59. The molecular weight excluding hydrogens is 234 g/mol. The fourth-order valence-corrected chi connectivity index (χ4v) is 2.00. The summed E-state index contributed by atoms with van der Waals surface area (Å²) >= 11 is 5.65. The number of hydrogen-bond donors (Lipinski definition) is 1. The molecule has 4 nitrogen and oxygen atoms in total. The van der Waals surface area contributed by atoms with Gasteiger partial charge in [0.2, 0.25) is 6.19 Å². The monoisotopic (exact) mass is 243 g/mol. The van der Waals surface area contributed by atoms with Crippen LogP contribution >= 0.6 is 11.6 Å². The van der Waals surface area contributed by atoms with E-state index >= 15 is 0 Å². The zero-order chi connectivity index (χ0) is 11.3. The Morgan fingerprint density at radius 1 is 1.73 bits per heavy atom. The zero-order valence-electron chi connectivity index (χ0n) is 8.09. The van der Waals surface area contributed by atoms with Crippen LogP contribution in [0.15, 0.2) is 22.7 Å². The third kappa shape index (κ3) is 3.96. The maximum absolute atomic E-state index is 9.33. The number of hydrogen-bond acceptors (Lipinski definition) is 3. The molecule has 0 saturated carbocycles. The Balaban J connectivity index is 2.70. The van der Waals surface area contributed by atoms with Gasteiger partial charge in [-0.05, 0) is 17.5 Å². The van der Waals surface area contributed by atoms with Crippen LogP contribution in [0.2, 0.25) is 5.15 Å². The minimum atomic E-state index is -1.20. The van der Waals surface area contributed by atoms with Crippen LogP contribution in [0.5, 0.6) is 0 Å². The molecule has 2 atom stereocenters. The number of rotatable bonds is 3. The van der Waals surface area contributed by atoms with Gasteiger partial charge in [-0.25, -0.2) is 4.98 Å². The summed E-state index contributed by atoms with van der Waals surface area (Å²) in [5, 5.41) is 8.70. The molecule has 0 amide bonds. The first-order chi connectivity index (χ1) is 7.13. The van der Waals surface area contributed by atoms with Gasteiger partial charge in [0.15, 0.2) is 0 Å². The second-order valence-electron chi connectivity index (χ2n) is 3.01. The smallest absolute Gasteiger partial charge is 0.214 e. The van der Waals surface area contributed by atoms with E-state index in [-0.39, 0.29) is 5.92 Å². The Labute approximate surface area is 95.8 Å². The summed E-state index contributed by atoms with van der Waals surface area (Å²) < 4.78 is 12.7. The molecule has 80 valence electrons. The number of pyridine rings is 1. The highest BCUT2D eigenvalue weighted by Gasteiger charge is 2.07. The minimum absolute atomic E-state index is 0.0974. The van der Waals surface area contributed by atoms with Gasteiger partial charge in [-0.15, -0.1) is 4.36 Å². The largest absolute Gasteiger partial charge is 0.321 e. The molecule has 0 radical (unpaired) electrons. The lowest BCUT2D eigenvalue weighted by molar-refractivity contribution is 0.641. The van der Waals surface area contributed by atoms with Crippen molar-refractivity contribution in [2.45, 2.75) is 12.8 Å². The molecule has 1 N–H and O–H groups in total. The summed E-state index contributed by atoms with van der Waals surface area (Å²) in [4.78, 5) is 3.94. The van der Waals surface area contributed by atoms with Crippen molar-refractivity contribution < 1.29 is 4.55 Å². The molecule has 1 unspecified atom stereocenters. The van der Waals surface area contributed by atoms with Crippen molar-refractivity contribution in [3.63, 3.8) is 0 Å². The Hall–Kier alpha value is -0.960. The van der Waals surface area contributed by atoms with E-state index in [1.807, 2.05) is 13.0 Å². The molecule has 0 aliphatic heterocycles. The molecule has 0 spiro atoms. The Morgan fingerprint density at radius 2 is 2.47 bits per heavy atom. The lowest BCUT2D eigenvalue weighted by Gasteiger charge is -2.09. The highest BCUT2D eigenvalue weighted by atomic mass is 35.5. The van der Waals surface area contributed by atoms with E-state index < -0.39 is 11.0 Å². The van der Waals surface area contributed by atoms with Crippen LogP contribution in [-0.4, -0.2) is 15.3 Å². The van der Waals surface area contributed by atoms with Gasteiger partial charge in [0.25, 0.3) is 0 Å². The zero-order valence-corrected chi connectivity index (χ0v) is 9.66. The molecule has 0 aromatic carbocycles. The van der Waals surface area contributed by atoms with Crippen molar-refractivity contribution >= 4 is 22.6 Å². The fraction of sp³-hybridized carbons (Fsp3) is 0.333. The number of aromatic nitrogens is 1. The first kappa shape index (κ1) is 12.1. The van der Waals surface area contributed by atoms with Crippen LogP contribution in [0.25, 0.3) is 0 Å². The molecule has 0 aliphatic rings. The highest BCUT2D eigenvalue weighted by molar-refractivity contribution is 7.81. The molecule has 0 aliphatic carbocycles. The first-order valence-corrected chi connectivity index (χ1v) is 5.93. The lowest BCUT2D eigenvalue weighted by atomic mass is 10.1. The van der Waals surface area contributed by atoms with Crippen molar-refractivity contribution in [1.82, 2.24) is 4.98 Å². The second kappa shape index (κ2) is 5.81. The molecule has 1 aromatic rings. The summed E-state index contributed by atoms with van der Waals surface area (Å²) in [6.45, 7) is 1.94. The van der Waals surface area contributed by atoms with Crippen LogP contribution in [0.4, 0.5) is 0 Å². The maximum Gasteiger partial charge on any atom is 0.214 e. The van der Waals surface area contributed by atoms with Gasteiger partial charge in [0.1, 0.15) is 5.15 Å². The average molecular weight is 244 g/mol. The summed E-state index contributed by atoms with van der Waals surface area (Å²) in [7, 11) is -1.20. The van der Waals surface area contributed by atoms with Gasteiger partial charge in [0, 0.05) is 22.9 Å². The van der Waals surface area contributed by atoms with Crippen LogP contribution in [0.1, 0.15) is 18.4 Å². The summed E-state index contributed by atoms with van der Waals surface area (Å²) in [5.41, 5.74) is 0.971. The Bertz CT molecular complexity index is 399. The average Bonchev–Trinajstić information content (AvgIpc) is 2.18. The van der Waals surface area contributed by atoms with Crippen molar-refractivity contribution in [3.8, 4) is 6.19 Å². The summed E-state index contributed by atoms with van der Waals surface area (Å²) in [5.74, 6) is 0.525. The summed E-state index contributed by atoms with van der Waals surface area (Å²) in [6.07, 6.45) is 3.25. The maximum atomic E-state index is 9.33. The van der Waals surface area contributed by atoms with E-state index in [0.717, 1.165) is 5.56 Å². The molecule has 1 rings (SSSR count). The summed E-state index contributed by atoms with van der Waals surface area (Å²) in [6, 6.07) is 3.55. The van der Waals surface area contributed by atoms with Gasteiger partial charge in [0.05, 0.1) is 0 Å². The standard InChI is InChI=1S/C9H10ClN3OS/c1-7(5-15(14)13-6-11)8-2-3-9(10)12-4-8/h2-4,7H,5H2,1H3,(H,13,14)/t7-,15?/m0/s1. The van der Waals surface area contributed by atoms with Gasteiger partial charge >= 0.3 is 0 Å². The van der Waals surface area contributed by atoms with E-state index in [0.29, 0.717) is 10.9 Å². The van der Waals surface area contributed by atoms with E-state index in [1.165, 1.54) is 0 Å². The molecule has 0 fully saturated rings. The van der Waals surface area contributed by atoms with Crippen LogP contribution in [0.3, 0.4) is 0 Å². The minimum Gasteiger partial charge on any atom is -0.321 e.